The van der Waals surface area contributed by atoms with Crippen molar-refractivity contribution in [1.29, 1.82) is 0 Å². The predicted molar refractivity (Wildman–Crippen MR) is 123 cm³/mol. The third-order valence-corrected chi connectivity index (χ3v) is 5.77. The summed E-state index contributed by atoms with van der Waals surface area (Å²) in [5.41, 5.74) is 4.35. The van der Waals surface area contributed by atoms with E-state index in [-0.39, 0.29) is 12.7 Å². The summed E-state index contributed by atoms with van der Waals surface area (Å²) in [5.74, 6) is 1.55. The molecule has 0 amide bonds. The van der Waals surface area contributed by atoms with Crippen LogP contribution in [-0.4, -0.2) is 29.9 Å². The largest absolute Gasteiger partial charge is 0.493 e. The van der Waals surface area contributed by atoms with Crippen molar-refractivity contribution in [2.75, 3.05) is 18.6 Å². The number of hydrogen-bond acceptors (Lipinski definition) is 5. The van der Waals surface area contributed by atoms with Crippen molar-refractivity contribution in [3.05, 3.63) is 78.1 Å². The second-order valence-corrected chi connectivity index (χ2v) is 7.95. The molecule has 0 spiro atoms. The van der Waals surface area contributed by atoms with Crippen LogP contribution in [0.3, 0.4) is 0 Å². The van der Waals surface area contributed by atoms with Gasteiger partial charge in [-0.25, -0.2) is 0 Å². The lowest BCUT2D eigenvalue weighted by Crippen LogP contribution is -2.17. The molecule has 0 saturated heterocycles. The van der Waals surface area contributed by atoms with Gasteiger partial charge >= 0.3 is 0 Å². The summed E-state index contributed by atoms with van der Waals surface area (Å²) in [6.07, 6.45) is 9.24. The first-order valence-electron chi connectivity index (χ1n) is 11.0. The van der Waals surface area contributed by atoms with Crippen LogP contribution in [0, 0.1) is 0 Å². The Morgan fingerprint density at radius 1 is 0.968 bits per heavy atom. The molecule has 5 heteroatoms. The third-order valence-electron chi connectivity index (χ3n) is 5.77. The number of aliphatic hydroxyl groups is 1. The molecule has 1 fully saturated rings. The van der Waals surface area contributed by atoms with Crippen molar-refractivity contribution in [3.63, 3.8) is 0 Å². The number of anilines is 2. The molecule has 1 N–H and O–H groups in total. The maximum atomic E-state index is 9.22. The summed E-state index contributed by atoms with van der Waals surface area (Å²) >= 11 is 0. The normalized spacial score (nSPS) is 13.9. The Hall–Kier alpha value is -3.05. The Kier molecular flexibility index (Phi) is 7.05. The van der Waals surface area contributed by atoms with E-state index in [2.05, 4.69) is 52.3 Å². The molecule has 5 nitrogen and oxygen atoms in total. The molecule has 4 rings (SSSR count). The summed E-state index contributed by atoms with van der Waals surface area (Å²) in [6.45, 7) is 0.835. The molecule has 0 bridgehead atoms. The summed E-state index contributed by atoms with van der Waals surface area (Å²) in [5, 5.41) is 9.22. The average Bonchev–Trinajstić information content (AvgIpc) is 3.32. The third kappa shape index (κ3) is 5.36. The number of nitrogens with zero attached hydrogens (tertiary/aromatic N) is 2. The molecule has 0 radical (unpaired) electrons. The first-order chi connectivity index (χ1) is 15.3. The van der Waals surface area contributed by atoms with E-state index >= 15 is 0 Å². The first kappa shape index (κ1) is 21.2. The fourth-order valence-electron chi connectivity index (χ4n) is 4.09. The van der Waals surface area contributed by atoms with Crippen LogP contribution in [0.25, 0.3) is 0 Å². The average molecular weight is 419 g/mol. The van der Waals surface area contributed by atoms with Crippen molar-refractivity contribution in [2.24, 2.45) is 0 Å². The highest BCUT2D eigenvalue weighted by Gasteiger charge is 2.20. The summed E-state index contributed by atoms with van der Waals surface area (Å²) in [7, 11) is 1.68. The number of aromatic nitrogens is 1. The molecule has 3 aromatic rings. The highest BCUT2D eigenvalue weighted by molar-refractivity contribution is 5.67. The van der Waals surface area contributed by atoms with Gasteiger partial charge < -0.3 is 19.5 Å². The van der Waals surface area contributed by atoms with Gasteiger partial charge in [-0.1, -0.05) is 18.2 Å². The zero-order valence-corrected chi connectivity index (χ0v) is 18.0. The molecule has 1 aliphatic rings. The molecule has 0 aliphatic heterocycles. The Bertz CT molecular complexity index is 954. The topological polar surface area (TPSA) is 54.8 Å². The number of methoxy groups -OCH3 is 1. The fraction of sp³-hybridized carbons (Fsp3) is 0.346. The second kappa shape index (κ2) is 10.3. The van der Waals surface area contributed by atoms with Gasteiger partial charge in [0.2, 0.25) is 0 Å². The van der Waals surface area contributed by atoms with Gasteiger partial charge in [0, 0.05) is 43.0 Å². The predicted octanol–water partition coefficient (Wildman–Crippen LogP) is 5.28. The van der Waals surface area contributed by atoms with E-state index in [4.69, 9.17) is 9.47 Å². The molecular formula is C26H30N2O3. The Morgan fingerprint density at radius 2 is 1.74 bits per heavy atom. The minimum absolute atomic E-state index is 0.152. The van der Waals surface area contributed by atoms with E-state index in [0.717, 1.165) is 46.8 Å². The molecular weight excluding hydrogens is 388 g/mol. The number of hydrogen-bond donors (Lipinski definition) is 1. The minimum Gasteiger partial charge on any atom is -0.493 e. The van der Waals surface area contributed by atoms with E-state index in [1.165, 1.54) is 12.8 Å². The highest BCUT2D eigenvalue weighted by Crippen LogP contribution is 2.37. The summed E-state index contributed by atoms with van der Waals surface area (Å²) < 4.78 is 11.9. The van der Waals surface area contributed by atoms with Crippen LogP contribution in [0.2, 0.25) is 0 Å². The van der Waals surface area contributed by atoms with E-state index in [1.54, 1.807) is 13.3 Å². The van der Waals surface area contributed by atoms with Crippen LogP contribution in [0.5, 0.6) is 11.5 Å². The fourth-order valence-corrected chi connectivity index (χ4v) is 4.09. The maximum Gasteiger partial charge on any atom is 0.163 e. The van der Waals surface area contributed by atoms with Crippen LogP contribution in [0.15, 0.2) is 67.0 Å². The molecule has 1 heterocycles. The zero-order valence-electron chi connectivity index (χ0n) is 18.0. The quantitative estimate of drug-likeness (QED) is 0.512. The smallest absolute Gasteiger partial charge is 0.163 e. The van der Waals surface area contributed by atoms with Crippen molar-refractivity contribution < 1.29 is 14.6 Å². The van der Waals surface area contributed by atoms with E-state index < -0.39 is 0 Å². The Labute approximate surface area is 184 Å². The number of rotatable bonds is 9. The lowest BCUT2D eigenvalue weighted by molar-refractivity contribution is 0.201. The molecule has 1 aliphatic carbocycles. The SMILES string of the molecule is COc1ccc(N(Cc2cccnc2)c2ccc(CCO)cc2)cc1OC1CCCC1. The Morgan fingerprint density at radius 3 is 2.42 bits per heavy atom. The van der Waals surface area contributed by atoms with E-state index in [0.29, 0.717) is 13.0 Å². The zero-order chi connectivity index (χ0) is 21.5. The van der Waals surface area contributed by atoms with Gasteiger partial charge in [0.25, 0.3) is 0 Å². The molecule has 2 aromatic carbocycles. The van der Waals surface area contributed by atoms with Crippen LogP contribution in [0.4, 0.5) is 11.4 Å². The van der Waals surface area contributed by atoms with Gasteiger partial charge in [-0.2, -0.15) is 0 Å². The van der Waals surface area contributed by atoms with Gasteiger partial charge in [0.05, 0.1) is 13.2 Å². The molecule has 0 unspecified atom stereocenters. The molecule has 31 heavy (non-hydrogen) atoms. The van der Waals surface area contributed by atoms with Gasteiger partial charge in [-0.05, 0) is 73.6 Å². The lowest BCUT2D eigenvalue weighted by atomic mass is 10.1. The summed E-state index contributed by atoms with van der Waals surface area (Å²) in [6, 6.07) is 18.5. The van der Waals surface area contributed by atoms with Gasteiger partial charge in [-0.15, -0.1) is 0 Å². The van der Waals surface area contributed by atoms with E-state index in [1.807, 2.05) is 18.3 Å². The van der Waals surface area contributed by atoms with Crippen molar-refractivity contribution in [1.82, 2.24) is 4.98 Å². The van der Waals surface area contributed by atoms with E-state index in [9.17, 15) is 5.11 Å². The number of pyridine rings is 1. The van der Waals surface area contributed by atoms with Crippen LogP contribution in [0.1, 0.15) is 36.8 Å². The molecule has 1 saturated carbocycles. The van der Waals surface area contributed by atoms with Gasteiger partial charge in [-0.3, -0.25) is 4.98 Å². The molecule has 162 valence electrons. The molecule has 0 atom stereocenters. The van der Waals surface area contributed by atoms with Crippen LogP contribution >= 0.6 is 0 Å². The number of aliphatic hydroxyl groups excluding tert-OH is 1. The monoisotopic (exact) mass is 418 g/mol. The standard InChI is InChI=1S/C26H30N2O3/c1-30-25-13-12-23(17-26(25)31-24-6-2-3-7-24)28(19-21-5-4-15-27-18-21)22-10-8-20(9-11-22)14-16-29/h4-5,8-13,15,17-18,24,29H,2-3,6-7,14,16,19H2,1H3. The maximum absolute atomic E-state index is 9.22. The number of ether oxygens (including phenoxy) is 2. The van der Waals surface area contributed by atoms with Crippen LogP contribution < -0.4 is 14.4 Å². The van der Waals surface area contributed by atoms with Crippen molar-refractivity contribution in [3.8, 4) is 11.5 Å². The van der Waals surface area contributed by atoms with Gasteiger partial charge in [0.15, 0.2) is 11.5 Å². The summed E-state index contributed by atoms with van der Waals surface area (Å²) in [4.78, 5) is 6.53. The number of benzene rings is 2. The van der Waals surface area contributed by atoms with Crippen LogP contribution in [-0.2, 0) is 13.0 Å². The second-order valence-electron chi connectivity index (χ2n) is 7.95. The van der Waals surface area contributed by atoms with Crippen molar-refractivity contribution in [2.45, 2.75) is 44.8 Å². The lowest BCUT2D eigenvalue weighted by Gasteiger charge is -2.27. The first-order valence-corrected chi connectivity index (χ1v) is 11.0. The van der Waals surface area contributed by atoms with Crippen molar-refractivity contribution >= 4 is 11.4 Å². The molecule has 1 aromatic heterocycles. The Balaban J connectivity index is 1.68. The van der Waals surface area contributed by atoms with Gasteiger partial charge in [0.1, 0.15) is 0 Å². The minimum atomic E-state index is 0.152. The highest BCUT2D eigenvalue weighted by atomic mass is 16.5.